The third-order valence-corrected chi connectivity index (χ3v) is 4.33. The summed E-state index contributed by atoms with van der Waals surface area (Å²) in [5.74, 6) is 0.475. The molecule has 4 nitrogen and oxygen atoms in total. The molecule has 1 aliphatic carbocycles. The number of amides is 1. The molecule has 1 unspecified atom stereocenters. The zero-order valence-electron chi connectivity index (χ0n) is 13.0. The van der Waals surface area contributed by atoms with Gasteiger partial charge in [0, 0.05) is 6.04 Å². The Labute approximate surface area is 127 Å². The minimum atomic E-state index is -0.827. The first-order valence-electron chi connectivity index (χ1n) is 7.87. The Bertz CT molecular complexity index is 466. The quantitative estimate of drug-likeness (QED) is 0.846. The number of benzene rings is 1. The lowest BCUT2D eigenvalue weighted by Gasteiger charge is -2.34. The predicted octanol–water partition coefficient (Wildman–Crippen LogP) is 2.71. The molecular weight excluding hydrogens is 264 g/mol. The van der Waals surface area contributed by atoms with Gasteiger partial charge < -0.3 is 10.5 Å². The first-order chi connectivity index (χ1) is 10.1. The van der Waals surface area contributed by atoms with Gasteiger partial charge in [0.05, 0.1) is 6.61 Å². The fraction of sp³-hybridized carbons (Fsp3) is 0.588. The molecule has 0 saturated heterocycles. The zero-order chi connectivity index (χ0) is 15.3. The lowest BCUT2D eigenvalue weighted by molar-refractivity contribution is -0.124. The molecule has 0 heterocycles. The summed E-state index contributed by atoms with van der Waals surface area (Å²) in [6, 6.07) is 7.99. The van der Waals surface area contributed by atoms with E-state index in [1.165, 1.54) is 19.3 Å². The van der Waals surface area contributed by atoms with Crippen molar-refractivity contribution in [1.82, 2.24) is 5.32 Å². The molecule has 1 amide bonds. The van der Waals surface area contributed by atoms with Gasteiger partial charge in [0.15, 0.2) is 0 Å². The van der Waals surface area contributed by atoms with E-state index in [1.807, 2.05) is 38.1 Å². The minimum Gasteiger partial charge on any atom is -0.494 e. The van der Waals surface area contributed by atoms with Crippen LogP contribution in [-0.2, 0) is 10.3 Å². The second-order valence-electron chi connectivity index (χ2n) is 5.93. The Morgan fingerprint density at radius 3 is 2.43 bits per heavy atom. The van der Waals surface area contributed by atoms with Crippen LogP contribution < -0.4 is 15.8 Å². The van der Waals surface area contributed by atoms with E-state index in [0.29, 0.717) is 12.6 Å². The van der Waals surface area contributed by atoms with Crippen molar-refractivity contribution in [2.45, 2.75) is 57.5 Å². The highest BCUT2D eigenvalue weighted by Gasteiger charge is 2.35. The van der Waals surface area contributed by atoms with Crippen LogP contribution in [0.15, 0.2) is 24.3 Å². The van der Waals surface area contributed by atoms with Crippen molar-refractivity contribution >= 4 is 5.91 Å². The SMILES string of the molecule is CCOc1ccc(C(C)(NC2CCCCC2)C(N)=O)cc1. The van der Waals surface area contributed by atoms with E-state index in [0.717, 1.165) is 24.2 Å². The molecule has 0 aromatic heterocycles. The van der Waals surface area contributed by atoms with Crippen molar-refractivity contribution in [3.63, 3.8) is 0 Å². The van der Waals surface area contributed by atoms with E-state index >= 15 is 0 Å². The maximum Gasteiger partial charge on any atom is 0.242 e. The normalized spacial score (nSPS) is 19.0. The molecule has 1 aromatic rings. The smallest absolute Gasteiger partial charge is 0.242 e. The van der Waals surface area contributed by atoms with E-state index in [-0.39, 0.29) is 5.91 Å². The highest BCUT2D eigenvalue weighted by molar-refractivity contribution is 5.85. The summed E-state index contributed by atoms with van der Waals surface area (Å²) in [5, 5.41) is 3.48. The van der Waals surface area contributed by atoms with Crippen LogP contribution in [0.2, 0.25) is 0 Å². The lowest BCUT2D eigenvalue weighted by atomic mass is 9.87. The molecule has 1 aromatic carbocycles. The number of primary amides is 1. The van der Waals surface area contributed by atoms with Gasteiger partial charge in [0.1, 0.15) is 11.3 Å². The second kappa shape index (κ2) is 6.94. The van der Waals surface area contributed by atoms with Crippen LogP contribution in [0.1, 0.15) is 51.5 Å². The molecule has 0 spiro atoms. The standard InChI is InChI=1S/C17H26N2O2/c1-3-21-15-11-9-13(10-12-15)17(2,16(18)20)19-14-7-5-4-6-8-14/h9-12,14,19H,3-8H2,1-2H3,(H2,18,20). The van der Waals surface area contributed by atoms with Crippen molar-refractivity contribution in [3.8, 4) is 5.75 Å². The van der Waals surface area contributed by atoms with Crippen LogP contribution in [0.5, 0.6) is 5.75 Å². The number of carbonyl (C=O) groups is 1. The molecule has 3 N–H and O–H groups in total. The summed E-state index contributed by atoms with van der Waals surface area (Å²) < 4.78 is 5.45. The number of nitrogens with two attached hydrogens (primary N) is 1. The Kier molecular flexibility index (Phi) is 5.23. The van der Waals surface area contributed by atoms with Crippen LogP contribution in [0.4, 0.5) is 0 Å². The molecule has 0 bridgehead atoms. The molecule has 1 atom stereocenters. The molecular formula is C17H26N2O2. The summed E-state index contributed by atoms with van der Waals surface area (Å²) in [4.78, 5) is 12.0. The van der Waals surface area contributed by atoms with Gasteiger partial charge in [-0.2, -0.15) is 0 Å². The lowest BCUT2D eigenvalue weighted by Crippen LogP contribution is -2.54. The van der Waals surface area contributed by atoms with E-state index in [4.69, 9.17) is 10.5 Å². The minimum absolute atomic E-state index is 0.336. The molecule has 116 valence electrons. The van der Waals surface area contributed by atoms with Gasteiger partial charge >= 0.3 is 0 Å². The van der Waals surface area contributed by atoms with Crippen LogP contribution in [0, 0.1) is 0 Å². The number of hydrogen-bond donors (Lipinski definition) is 2. The van der Waals surface area contributed by atoms with Crippen LogP contribution >= 0.6 is 0 Å². The molecule has 1 aliphatic rings. The Morgan fingerprint density at radius 1 is 1.29 bits per heavy atom. The summed E-state index contributed by atoms with van der Waals surface area (Å²) in [6.07, 6.45) is 5.94. The molecule has 4 heteroatoms. The van der Waals surface area contributed by atoms with Crippen LogP contribution in [0.25, 0.3) is 0 Å². The third-order valence-electron chi connectivity index (χ3n) is 4.33. The Balaban J connectivity index is 2.17. The topological polar surface area (TPSA) is 64.3 Å². The van der Waals surface area contributed by atoms with Gasteiger partial charge in [-0.25, -0.2) is 0 Å². The molecule has 0 aliphatic heterocycles. The largest absolute Gasteiger partial charge is 0.494 e. The third kappa shape index (κ3) is 3.76. The number of nitrogens with one attached hydrogen (secondary N) is 1. The van der Waals surface area contributed by atoms with Crippen molar-refractivity contribution in [1.29, 1.82) is 0 Å². The molecule has 2 rings (SSSR count). The first kappa shape index (κ1) is 15.8. The van der Waals surface area contributed by atoms with Crippen molar-refractivity contribution in [3.05, 3.63) is 29.8 Å². The van der Waals surface area contributed by atoms with E-state index in [9.17, 15) is 4.79 Å². The van der Waals surface area contributed by atoms with Crippen molar-refractivity contribution in [2.24, 2.45) is 5.73 Å². The maximum absolute atomic E-state index is 12.0. The summed E-state index contributed by atoms with van der Waals surface area (Å²) in [7, 11) is 0. The maximum atomic E-state index is 12.0. The van der Waals surface area contributed by atoms with Crippen molar-refractivity contribution in [2.75, 3.05) is 6.61 Å². The number of rotatable bonds is 6. The van der Waals surface area contributed by atoms with Gasteiger partial charge in [-0.3, -0.25) is 10.1 Å². The van der Waals surface area contributed by atoms with Crippen molar-refractivity contribution < 1.29 is 9.53 Å². The monoisotopic (exact) mass is 290 g/mol. The highest BCUT2D eigenvalue weighted by atomic mass is 16.5. The average molecular weight is 290 g/mol. The number of ether oxygens (including phenoxy) is 1. The van der Waals surface area contributed by atoms with Crippen LogP contribution in [0.3, 0.4) is 0 Å². The number of carbonyl (C=O) groups excluding carboxylic acids is 1. The summed E-state index contributed by atoms with van der Waals surface area (Å²) in [6.45, 7) is 4.46. The fourth-order valence-electron chi connectivity index (χ4n) is 3.00. The van der Waals surface area contributed by atoms with E-state index < -0.39 is 5.54 Å². The average Bonchev–Trinajstić information content (AvgIpc) is 2.49. The molecule has 0 radical (unpaired) electrons. The molecule has 21 heavy (non-hydrogen) atoms. The van der Waals surface area contributed by atoms with Gasteiger partial charge in [-0.15, -0.1) is 0 Å². The number of hydrogen-bond acceptors (Lipinski definition) is 3. The van der Waals surface area contributed by atoms with Gasteiger partial charge in [-0.05, 0) is 44.4 Å². The highest BCUT2D eigenvalue weighted by Crippen LogP contribution is 2.27. The summed E-state index contributed by atoms with van der Waals surface area (Å²) >= 11 is 0. The van der Waals surface area contributed by atoms with Gasteiger partial charge in [-0.1, -0.05) is 31.4 Å². The first-order valence-corrected chi connectivity index (χ1v) is 7.87. The van der Waals surface area contributed by atoms with Crippen LogP contribution in [-0.4, -0.2) is 18.6 Å². The Hall–Kier alpha value is -1.55. The zero-order valence-corrected chi connectivity index (χ0v) is 13.0. The van der Waals surface area contributed by atoms with Gasteiger partial charge in [0.2, 0.25) is 5.91 Å². The summed E-state index contributed by atoms with van der Waals surface area (Å²) in [5.41, 5.74) is 5.75. The Morgan fingerprint density at radius 2 is 1.90 bits per heavy atom. The fourth-order valence-corrected chi connectivity index (χ4v) is 3.00. The van der Waals surface area contributed by atoms with E-state index in [2.05, 4.69) is 5.32 Å². The van der Waals surface area contributed by atoms with Gasteiger partial charge in [0.25, 0.3) is 0 Å². The molecule has 1 fully saturated rings. The predicted molar refractivity (Wildman–Crippen MR) is 84.2 cm³/mol. The molecule has 1 saturated carbocycles. The second-order valence-corrected chi connectivity index (χ2v) is 5.93. The van der Waals surface area contributed by atoms with E-state index in [1.54, 1.807) is 0 Å².